The standard InChI is InChI=1S/C49H63N9O7Si/c1-10-41(59)51-47-52-53-48(55(47)8)64-27-37(29(3)4)44(60)58(66)40-24-31-15-12-16-32(23-31)33-19-20-39-35(25-33)36(43(56(39)11-2)34-17-13-21-50-42(34)30(5)63-9)26-49(6,7)28-65-46(62)38-18-14-22-57(54-38)45(40)61/h10,12-13,15-17,19-21,23,25,29-30,37-38,40,54H,1,11,14,18,22,24,26-28H2,2-9,66H3,(H,51,52,59)/t30-,37-,38-,40?/m0/s1. The number of benzene rings is 2. The minimum atomic E-state index is -0.894. The smallest absolute Gasteiger partial charge is 0.324 e. The van der Waals surface area contributed by atoms with Crippen molar-refractivity contribution in [2.45, 2.75) is 92.0 Å². The number of ether oxygens (including phenoxy) is 3. The summed E-state index contributed by atoms with van der Waals surface area (Å²) >= 11 is 0. The van der Waals surface area contributed by atoms with E-state index in [0.717, 1.165) is 56.2 Å². The lowest BCUT2D eigenvalue weighted by molar-refractivity contribution is -0.157. The number of nitrogens with one attached hydrogen (secondary N) is 2. The molecule has 6 bridgehead atoms. The fraction of sp³-hybridized carbons (Fsp3) is 0.449. The van der Waals surface area contributed by atoms with Crippen LogP contribution in [-0.4, -0.2) is 107 Å². The van der Waals surface area contributed by atoms with E-state index in [1.54, 1.807) is 24.9 Å². The second-order valence-corrected chi connectivity index (χ2v) is 19.4. The first kappa shape index (κ1) is 47.8. The van der Waals surface area contributed by atoms with Crippen molar-refractivity contribution in [1.29, 1.82) is 0 Å². The lowest BCUT2D eigenvalue weighted by Gasteiger charge is -2.39. The number of carbonyl (C=O) groups excluding carboxylic acids is 4. The van der Waals surface area contributed by atoms with Crippen LogP contribution < -0.4 is 15.5 Å². The highest BCUT2D eigenvalue weighted by atomic mass is 28.2. The van der Waals surface area contributed by atoms with Gasteiger partial charge in [-0.1, -0.05) is 69.7 Å². The van der Waals surface area contributed by atoms with Crippen molar-refractivity contribution in [2.24, 2.45) is 24.3 Å². The van der Waals surface area contributed by atoms with Gasteiger partial charge in [-0.2, -0.15) is 0 Å². The number of nitrogens with zero attached hydrogens (tertiary/aromatic N) is 7. The first-order valence-electron chi connectivity index (χ1n) is 22.7. The molecule has 0 aliphatic carbocycles. The highest BCUT2D eigenvalue weighted by Gasteiger charge is 2.39. The van der Waals surface area contributed by atoms with Crippen molar-refractivity contribution in [3.8, 4) is 28.4 Å². The van der Waals surface area contributed by atoms with E-state index in [9.17, 15) is 19.2 Å². The molecule has 2 aliphatic heterocycles. The molecular weight excluding hydrogens is 855 g/mol. The summed E-state index contributed by atoms with van der Waals surface area (Å²) in [4.78, 5) is 60.3. The van der Waals surface area contributed by atoms with Crippen molar-refractivity contribution in [3.63, 3.8) is 0 Å². The monoisotopic (exact) mass is 917 g/mol. The SMILES string of the molecule is C=CC(=O)Nc1nnc(OC[C@H](C(=O)N([SiH3])C2Cc3cccc(c3)-c3ccc4c(c3)c(c(-c3cccnc3[C@H](C)OC)n4CC)CC(C)(C)COC(=O)[C@@H]3CCCN(N3)C2=O)C(C)C)n1C. The van der Waals surface area contributed by atoms with Crippen LogP contribution in [0.2, 0.25) is 0 Å². The molecule has 1 unspecified atom stereocenters. The van der Waals surface area contributed by atoms with E-state index < -0.39 is 35.3 Å². The third-order valence-corrected chi connectivity index (χ3v) is 13.9. The number of carbonyl (C=O) groups is 4. The molecule has 3 aromatic heterocycles. The van der Waals surface area contributed by atoms with E-state index in [2.05, 4.69) is 89.3 Å². The quantitative estimate of drug-likeness (QED) is 0.0939. The van der Waals surface area contributed by atoms with Crippen LogP contribution in [0.1, 0.15) is 77.3 Å². The Morgan fingerprint density at radius 1 is 1.11 bits per heavy atom. The first-order chi connectivity index (χ1) is 31.5. The Balaban J connectivity index is 1.29. The number of anilines is 1. The number of hydrogen-bond acceptors (Lipinski definition) is 11. The average Bonchev–Trinajstić information content (AvgIpc) is 3.82. The van der Waals surface area contributed by atoms with E-state index in [1.165, 1.54) is 9.58 Å². The Hall–Kier alpha value is -6.17. The summed E-state index contributed by atoms with van der Waals surface area (Å²) in [7, 11) is 3.54. The molecule has 7 rings (SSSR count). The van der Waals surface area contributed by atoms with Gasteiger partial charge in [0, 0.05) is 61.7 Å². The molecule has 1 fully saturated rings. The van der Waals surface area contributed by atoms with E-state index in [0.29, 0.717) is 32.4 Å². The predicted octanol–water partition coefficient (Wildman–Crippen LogP) is 5.34. The summed E-state index contributed by atoms with van der Waals surface area (Å²) < 4.78 is 23.5. The molecule has 5 heterocycles. The number of fused-ring (bicyclic) bond motifs is 6. The van der Waals surface area contributed by atoms with Gasteiger partial charge in [0.1, 0.15) is 29.1 Å². The van der Waals surface area contributed by atoms with Crippen molar-refractivity contribution >= 4 is 50.9 Å². The molecule has 0 spiro atoms. The molecule has 4 atom stereocenters. The van der Waals surface area contributed by atoms with Crippen LogP contribution in [0, 0.1) is 17.3 Å². The summed E-state index contributed by atoms with van der Waals surface area (Å²) in [5.41, 5.74) is 10.7. The summed E-state index contributed by atoms with van der Waals surface area (Å²) in [5.74, 6) is -2.09. The number of cyclic esters (lactones) is 1. The highest BCUT2D eigenvalue weighted by Crippen LogP contribution is 2.42. The average molecular weight is 918 g/mol. The molecule has 5 aromatic rings. The Kier molecular flexibility index (Phi) is 14.6. The number of aryl methyl sites for hydroxylation is 1. The van der Waals surface area contributed by atoms with Gasteiger partial charge in [-0.05, 0) is 91.6 Å². The number of hydrogen-bond donors (Lipinski definition) is 2. The molecule has 350 valence electrons. The minimum absolute atomic E-state index is 0.0430. The van der Waals surface area contributed by atoms with Crippen LogP contribution in [0.4, 0.5) is 5.95 Å². The van der Waals surface area contributed by atoms with E-state index in [4.69, 9.17) is 19.2 Å². The van der Waals surface area contributed by atoms with Crippen LogP contribution in [0.15, 0.2) is 73.4 Å². The largest absolute Gasteiger partial charge is 0.464 e. The van der Waals surface area contributed by atoms with Gasteiger partial charge in [0.05, 0.1) is 30.0 Å². The third kappa shape index (κ3) is 9.97. The molecule has 3 amide bonds. The second kappa shape index (κ2) is 20.1. The Bertz CT molecular complexity index is 2620. The van der Waals surface area contributed by atoms with E-state index in [-0.39, 0.29) is 65.8 Å². The summed E-state index contributed by atoms with van der Waals surface area (Å²) in [6.07, 6.45) is 4.57. The Morgan fingerprint density at radius 3 is 2.61 bits per heavy atom. The Morgan fingerprint density at radius 2 is 1.88 bits per heavy atom. The molecular formula is C49H63N9O7Si. The molecule has 1 saturated heterocycles. The summed E-state index contributed by atoms with van der Waals surface area (Å²) in [6.45, 7) is 16.9. The van der Waals surface area contributed by atoms with Gasteiger partial charge in [0.15, 0.2) is 0 Å². The first-order valence-corrected chi connectivity index (χ1v) is 23.6. The maximum absolute atomic E-state index is 14.9. The number of amides is 3. The zero-order valence-corrected chi connectivity index (χ0v) is 41.6. The zero-order valence-electron chi connectivity index (χ0n) is 39.6. The molecule has 2 N–H and O–H groups in total. The molecule has 66 heavy (non-hydrogen) atoms. The van der Waals surface area contributed by atoms with Gasteiger partial charge < -0.3 is 23.3 Å². The van der Waals surface area contributed by atoms with Crippen LogP contribution >= 0.6 is 0 Å². The number of rotatable bonds is 12. The van der Waals surface area contributed by atoms with Gasteiger partial charge in [-0.3, -0.25) is 39.1 Å². The number of aromatic nitrogens is 5. The van der Waals surface area contributed by atoms with Gasteiger partial charge in [-0.25, -0.2) is 5.43 Å². The number of esters is 1. The molecule has 0 saturated carbocycles. The fourth-order valence-electron chi connectivity index (χ4n) is 8.99. The maximum atomic E-state index is 14.9. The van der Waals surface area contributed by atoms with Crippen LogP contribution in [0.25, 0.3) is 33.3 Å². The van der Waals surface area contributed by atoms with Gasteiger partial charge >= 0.3 is 12.0 Å². The van der Waals surface area contributed by atoms with Gasteiger partial charge in [-0.15, -0.1) is 5.10 Å². The zero-order chi connectivity index (χ0) is 47.4. The van der Waals surface area contributed by atoms with Crippen molar-refractivity contribution in [3.05, 3.63) is 90.3 Å². The van der Waals surface area contributed by atoms with E-state index in [1.807, 2.05) is 39.0 Å². The fourth-order valence-corrected chi connectivity index (χ4v) is 9.73. The van der Waals surface area contributed by atoms with Crippen molar-refractivity contribution in [1.82, 2.24) is 39.3 Å². The number of pyridine rings is 1. The lowest BCUT2D eigenvalue weighted by Crippen LogP contribution is -2.61. The lowest BCUT2D eigenvalue weighted by atomic mass is 9.84. The molecule has 2 aliphatic rings. The van der Waals surface area contributed by atoms with Crippen molar-refractivity contribution in [2.75, 3.05) is 32.2 Å². The molecule has 16 nitrogen and oxygen atoms in total. The number of hydrazine groups is 1. The molecule has 2 aromatic carbocycles. The molecule has 17 heteroatoms. The summed E-state index contributed by atoms with van der Waals surface area (Å²) in [6, 6.07) is 17.3. The van der Waals surface area contributed by atoms with Gasteiger partial charge in [0.2, 0.25) is 17.8 Å². The second-order valence-electron chi connectivity index (χ2n) is 18.5. The molecule has 0 radical (unpaired) electrons. The van der Waals surface area contributed by atoms with Crippen LogP contribution in [0.5, 0.6) is 6.01 Å². The topological polar surface area (TPSA) is 175 Å². The predicted molar refractivity (Wildman–Crippen MR) is 256 cm³/mol. The minimum Gasteiger partial charge on any atom is -0.464 e. The van der Waals surface area contributed by atoms with Gasteiger partial charge in [0.25, 0.3) is 5.91 Å². The van der Waals surface area contributed by atoms with Crippen LogP contribution in [0.3, 0.4) is 0 Å². The highest BCUT2D eigenvalue weighted by molar-refractivity contribution is 6.17. The van der Waals surface area contributed by atoms with Crippen molar-refractivity contribution < 1.29 is 33.4 Å². The summed E-state index contributed by atoms with van der Waals surface area (Å²) in [5, 5.41) is 13.2. The normalized spacial score (nSPS) is 18.7. The maximum Gasteiger partial charge on any atom is 0.324 e. The number of methoxy groups -OCH3 is 1. The van der Waals surface area contributed by atoms with Crippen LogP contribution in [-0.2, 0) is 55.1 Å². The Labute approximate surface area is 389 Å². The third-order valence-electron chi connectivity index (χ3n) is 12.9. The van der Waals surface area contributed by atoms with E-state index >= 15 is 0 Å².